The molecule has 0 radical (unpaired) electrons. The molecule has 3 atom stereocenters. The zero-order chi connectivity index (χ0) is 13.2. The van der Waals surface area contributed by atoms with Gasteiger partial charge in [0.2, 0.25) is 6.79 Å². The standard InChI is InChI=1S/C15H18N2O2/c1-10(17-13-4-2-3-12(13)8-16)11-5-6-14-15(7-11)19-9-18-14/h5-7,10,12-13,17H,2-4,9H2,1H3. The number of ether oxygens (including phenoxy) is 2. The molecule has 3 rings (SSSR count). The average molecular weight is 258 g/mol. The lowest BCUT2D eigenvalue weighted by Crippen LogP contribution is -2.33. The van der Waals surface area contributed by atoms with Crippen LogP contribution in [0.5, 0.6) is 11.5 Å². The van der Waals surface area contributed by atoms with Crippen molar-refractivity contribution in [3.63, 3.8) is 0 Å². The molecular formula is C15H18N2O2. The smallest absolute Gasteiger partial charge is 0.231 e. The molecule has 4 heteroatoms. The van der Waals surface area contributed by atoms with Gasteiger partial charge in [0.05, 0.1) is 12.0 Å². The maximum absolute atomic E-state index is 9.12. The molecule has 0 amide bonds. The molecule has 1 saturated carbocycles. The molecular weight excluding hydrogens is 240 g/mol. The van der Waals surface area contributed by atoms with Gasteiger partial charge in [-0.15, -0.1) is 0 Å². The Morgan fingerprint density at radius 3 is 3.00 bits per heavy atom. The summed E-state index contributed by atoms with van der Waals surface area (Å²) in [6, 6.07) is 8.96. The Kier molecular flexibility index (Phi) is 3.31. The van der Waals surface area contributed by atoms with Crippen LogP contribution in [0.2, 0.25) is 0 Å². The van der Waals surface area contributed by atoms with Gasteiger partial charge in [-0.3, -0.25) is 0 Å². The van der Waals surface area contributed by atoms with Crippen molar-refractivity contribution >= 4 is 0 Å². The van der Waals surface area contributed by atoms with E-state index in [-0.39, 0.29) is 12.0 Å². The van der Waals surface area contributed by atoms with Gasteiger partial charge in [0.25, 0.3) is 0 Å². The molecule has 1 N–H and O–H groups in total. The molecule has 1 aliphatic carbocycles. The summed E-state index contributed by atoms with van der Waals surface area (Å²) in [5.74, 6) is 1.78. The molecule has 1 aliphatic heterocycles. The lowest BCUT2D eigenvalue weighted by molar-refractivity contribution is 0.174. The first-order chi connectivity index (χ1) is 9.28. The molecule has 1 fully saturated rings. The monoisotopic (exact) mass is 258 g/mol. The highest BCUT2D eigenvalue weighted by molar-refractivity contribution is 5.45. The Morgan fingerprint density at radius 2 is 2.16 bits per heavy atom. The van der Waals surface area contributed by atoms with Gasteiger partial charge in [0.15, 0.2) is 11.5 Å². The van der Waals surface area contributed by atoms with Crippen LogP contribution >= 0.6 is 0 Å². The summed E-state index contributed by atoms with van der Waals surface area (Å²) >= 11 is 0. The van der Waals surface area contributed by atoms with E-state index in [9.17, 15) is 0 Å². The van der Waals surface area contributed by atoms with Crippen molar-refractivity contribution in [3.8, 4) is 17.6 Å². The Bertz CT molecular complexity index is 509. The first kappa shape index (κ1) is 12.3. The normalized spacial score (nSPS) is 26.1. The highest BCUT2D eigenvalue weighted by atomic mass is 16.7. The molecule has 2 aliphatic rings. The molecule has 100 valence electrons. The Labute approximate surface area is 113 Å². The molecule has 0 spiro atoms. The van der Waals surface area contributed by atoms with Gasteiger partial charge in [0.1, 0.15) is 0 Å². The van der Waals surface area contributed by atoms with Gasteiger partial charge >= 0.3 is 0 Å². The molecule has 0 aromatic heterocycles. The summed E-state index contributed by atoms with van der Waals surface area (Å²) in [7, 11) is 0. The van der Waals surface area contributed by atoms with Crippen LogP contribution in [-0.2, 0) is 0 Å². The highest BCUT2D eigenvalue weighted by Crippen LogP contribution is 2.35. The molecule has 3 unspecified atom stereocenters. The number of hydrogen-bond acceptors (Lipinski definition) is 4. The van der Waals surface area contributed by atoms with Crippen LogP contribution in [-0.4, -0.2) is 12.8 Å². The van der Waals surface area contributed by atoms with Gasteiger partial charge in [-0.05, 0) is 37.5 Å². The largest absolute Gasteiger partial charge is 0.454 e. The topological polar surface area (TPSA) is 54.3 Å². The van der Waals surface area contributed by atoms with E-state index in [0.717, 1.165) is 30.8 Å². The van der Waals surface area contributed by atoms with E-state index in [1.807, 2.05) is 12.1 Å². The summed E-state index contributed by atoms with van der Waals surface area (Å²) in [4.78, 5) is 0. The number of nitriles is 1. The van der Waals surface area contributed by atoms with Crippen LogP contribution in [0.3, 0.4) is 0 Å². The molecule has 1 aromatic carbocycles. The van der Waals surface area contributed by atoms with Crippen molar-refractivity contribution < 1.29 is 9.47 Å². The number of nitrogens with zero attached hydrogens (tertiary/aromatic N) is 1. The summed E-state index contributed by atoms with van der Waals surface area (Å²) < 4.78 is 10.7. The highest BCUT2D eigenvalue weighted by Gasteiger charge is 2.28. The third kappa shape index (κ3) is 2.39. The van der Waals surface area contributed by atoms with Gasteiger partial charge in [-0.25, -0.2) is 0 Å². The van der Waals surface area contributed by atoms with Crippen LogP contribution in [0.1, 0.15) is 37.8 Å². The summed E-state index contributed by atoms with van der Waals surface area (Å²) in [5, 5.41) is 12.7. The number of fused-ring (bicyclic) bond motifs is 1. The molecule has 1 aromatic rings. The molecule has 0 saturated heterocycles. The second-order valence-corrected chi connectivity index (χ2v) is 5.27. The lowest BCUT2D eigenvalue weighted by Gasteiger charge is -2.22. The van der Waals surface area contributed by atoms with Crippen molar-refractivity contribution in [3.05, 3.63) is 23.8 Å². The zero-order valence-corrected chi connectivity index (χ0v) is 11.1. The van der Waals surface area contributed by atoms with Gasteiger partial charge in [0, 0.05) is 12.1 Å². The molecule has 4 nitrogen and oxygen atoms in total. The third-order valence-corrected chi connectivity index (χ3v) is 4.04. The minimum Gasteiger partial charge on any atom is -0.454 e. The van der Waals surface area contributed by atoms with Crippen molar-refractivity contribution in [2.24, 2.45) is 5.92 Å². The van der Waals surface area contributed by atoms with Crippen LogP contribution in [0.25, 0.3) is 0 Å². The first-order valence-electron chi connectivity index (χ1n) is 6.83. The summed E-state index contributed by atoms with van der Waals surface area (Å²) in [5.41, 5.74) is 1.17. The maximum Gasteiger partial charge on any atom is 0.231 e. The van der Waals surface area contributed by atoms with E-state index in [4.69, 9.17) is 14.7 Å². The van der Waals surface area contributed by atoms with Crippen LogP contribution in [0, 0.1) is 17.2 Å². The van der Waals surface area contributed by atoms with Gasteiger partial charge in [-0.2, -0.15) is 5.26 Å². The van der Waals surface area contributed by atoms with Crippen molar-refractivity contribution in [2.45, 2.75) is 38.3 Å². The number of benzene rings is 1. The van der Waals surface area contributed by atoms with Crippen molar-refractivity contribution in [1.29, 1.82) is 5.26 Å². The van der Waals surface area contributed by atoms with Gasteiger partial charge < -0.3 is 14.8 Å². The quantitative estimate of drug-likeness (QED) is 0.905. The minimum atomic E-state index is 0.150. The molecule has 0 bridgehead atoms. The van der Waals surface area contributed by atoms with Crippen LogP contribution < -0.4 is 14.8 Å². The van der Waals surface area contributed by atoms with E-state index in [2.05, 4.69) is 24.4 Å². The van der Waals surface area contributed by atoms with E-state index >= 15 is 0 Å². The number of rotatable bonds is 3. The van der Waals surface area contributed by atoms with E-state index < -0.39 is 0 Å². The lowest BCUT2D eigenvalue weighted by atomic mass is 10.0. The van der Waals surface area contributed by atoms with E-state index in [1.54, 1.807) is 0 Å². The maximum atomic E-state index is 9.12. The summed E-state index contributed by atoms with van der Waals surface area (Å²) in [6.07, 6.45) is 3.25. The Hall–Kier alpha value is -1.73. The predicted octanol–water partition coefficient (Wildman–Crippen LogP) is 2.76. The second-order valence-electron chi connectivity index (χ2n) is 5.27. The predicted molar refractivity (Wildman–Crippen MR) is 70.9 cm³/mol. The molecule has 19 heavy (non-hydrogen) atoms. The van der Waals surface area contributed by atoms with Crippen molar-refractivity contribution in [1.82, 2.24) is 5.32 Å². The Morgan fingerprint density at radius 1 is 1.32 bits per heavy atom. The van der Waals surface area contributed by atoms with Crippen molar-refractivity contribution in [2.75, 3.05) is 6.79 Å². The zero-order valence-electron chi connectivity index (χ0n) is 11.1. The second kappa shape index (κ2) is 5.10. The minimum absolute atomic E-state index is 0.150. The fourth-order valence-corrected chi connectivity index (χ4v) is 2.91. The average Bonchev–Trinajstić information content (AvgIpc) is 3.05. The SMILES string of the molecule is CC(NC1CCCC1C#N)c1ccc2c(c1)OCO2. The Balaban J connectivity index is 1.70. The fourth-order valence-electron chi connectivity index (χ4n) is 2.91. The van der Waals surface area contributed by atoms with E-state index in [0.29, 0.717) is 12.8 Å². The molecule has 1 heterocycles. The summed E-state index contributed by atoms with van der Waals surface area (Å²) in [6.45, 7) is 2.43. The van der Waals surface area contributed by atoms with Crippen LogP contribution in [0.4, 0.5) is 0 Å². The first-order valence-corrected chi connectivity index (χ1v) is 6.83. The van der Waals surface area contributed by atoms with Crippen LogP contribution in [0.15, 0.2) is 18.2 Å². The third-order valence-electron chi connectivity index (χ3n) is 4.04. The van der Waals surface area contributed by atoms with E-state index in [1.165, 1.54) is 5.56 Å². The number of nitrogens with one attached hydrogen (secondary N) is 1. The fraction of sp³-hybridized carbons (Fsp3) is 0.533. The van der Waals surface area contributed by atoms with Gasteiger partial charge in [-0.1, -0.05) is 12.5 Å². The number of hydrogen-bond donors (Lipinski definition) is 1.